The fraction of sp³-hybridized carbons (Fsp3) is 0.429. The minimum atomic E-state index is -0.624. The van der Waals surface area contributed by atoms with Crippen molar-refractivity contribution in [3.63, 3.8) is 0 Å². The summed E-state index contributed by atoms with van der Waals surface area (Å²) in [6.45, 7) is 5.68. The number of benzene rings is 1. The zero-order valence-electron chi connectivity index (χ0n) is 17.2. The highest BCUT2D eigenvalue weighted by Crippen LogP contribution is 2.30. The molecule has 1 atom stereocenters. The molecule has 0 spiro atoms. The van der Waals surface area contributed by atoms with Gasteiger partial charge in [0.05, 0.1) is 30.3 Å². The number of aryl methyl sites for hydroxylation is 1. The van der Waals surface area contributed by atoms with Crippen molar-refractivity contribution in [1.29, 1.82) is 0 Å². The largest absolute Gasteiger partial charge is 0.463 e. The number of carbonyl (C=O) groups is 4. The third kappa shape index (κ3) is 4.45. The first-order valence-electron chi connectivity index (χ1n) is 9.79. The van der Waals surface area contributed by atoms with Crippen molar-refractivity contribution in [2.75, 3.05) is 31.2 Å². The maximum absolute atomic E-state index is 12.6. The van der Waals surface area contributed by atoms with Gasteiger partial charge < -0.3 is 25.0 Å². The fourth-order valence-corrected chi connectivity index (χ4v) is 3.46. The summed E-state index contributed by atoms with van der Waals surface area (Å²) in [6, 6.07) is 5.20. The summed E-state index contributed by atoms with van der Waals surface area (Å²) in [5, 5.41) is 4.97. The minimum absolute atomic E-state index is 0.0140. The van der Waals surface area contributed by atoms with Gasteiger partial charge in [0.2, 0.25) is 5.91 Å². The van der Waals surface area contributed by atoms with Gasteiger partial charge in [-0.2, -0.15) is 0 Å². The lowest BCUT2D eigenvalue weighted by Crippen LogP contribution is -2.45. The summed E-state index contributed by atoms with van der Waals surface area (Å²) in [6.07, 6.45) is 0.0455. The molecule has 0 radical (unpaired) electrons. The van der Waals surface area contributed by atoms with Crippen LogP contribution in [0.3, 0.4) is 0 Å². The molecule has 1 saturated heterocycles. The van der Waals surface area contributed by atoms with Gasteiger partial charge in [-0.15, -0.1) is 0 Å². The lowest BCUT2D eigenvalue weighted by molar-refractivity contribution is -0.147. The van der Waals surface area contributed by atoms with Crippen molar-refractivity contribution < 1.29 is 28.7 Å². The summed E-state index contributed by atoms with van der Waals surface area (Å²) in [5.41, 5.74) is 3.21. The molecule has 2 aliphatic rings. The first-order valence-corrected chi connectivity index (χ1v) is 9.79. The lowest BCUT2D eigenvalue weighted by atomic mass is 10.1. The molecule has 0 bridgehead atoms. The van der Waals surface area contributed by atoms with Crippen LogP contribution in [0.1, 0.15) is 24.5 Å². The number of ether oxygens (including phenoxy) is 2. The highest BCUT2D eigenvalue weighted by molar-refractivity contribution is 6.00. The van der Waals surface area contributed by atoms with E-state index in [4.69, 9.17) is 9.47 Å². The van der Waals surface area contributed by atoms with Crippen molar-refractivity contribution in [3.05, 3.63) is 40.6 Å². The molecule has 9 nitrogen and oxygen atoms in total. The van der Waals surface area contributed by atoms with Crippen molar-refractivity contribution in [2.24, 2.45) is 5.92 Å². The van der Waals surface area contributed by atoms with E-state index in [1.54, 1.807) is 11.8 Å². The zero-order chi connectivity index (χ0) is 21.8. The number of nitrogens with zero attached hydrogens (tertiary/aromatic N) is 1. The second-order valence-electron chi connectivity index (χ2n) is 7.22. The van der Waals surface area contributed by atoms with Crippen LogP contribution < -0.4 is 15.5 Å². The maximum atomic E-state index is 12.6. The van der Waals surface area contributed by atoms with Crippen LogP contribution in [0.4, 0.5) is 10.5 Å². The summed E-state index contributed by atoms with van der Waals surface area (Å²) in [7, 11) is 0. The van der Waals surface area contributed by atoms with Crippen molar-refractivity contribution >= 4 is 29.6 Å². The number of rotatable bonds is 6. The predicted octanol–water partition coefficient (Wildman–Crippen LogP) is 1.33. The Morgan fingerprint density at radius 2 is 1.97 bits per heavy atom. The molecule has 1 aromatic rings. The summed E-state index contributed by atoms with van der Waals surface area (Å²) in [5.74, 6) is -1.92. The quantitative estimate of drug-likeness (QED) is 0.678. The Bertz CT molecular complexity index is 923. The van der Waals surface area contributed by atoms with Crippen molar-refractivity contribution in [3.8, 4) is 0 Å². The van der Waals surface area contributed by atoms with Gasteiger partial charge in [-0.3, -0.25) is 9.59 Å². The number of nitrogens with one attached hydrogen (secondary N) is 2. The number of hydrogen-bond acceptors (Lipinski definition) is 6. The Balaban J connectivity index is 1.67. The van der Waals surface area contributed by atoms with Crippen molar-refractivity contribution in [1.82, 2.24) is 10.6 Å². The smallest absolute Gasteiger partial charge is 0.337 e. The molecule has 2 heterocycles. The molecule has 1 aromatic carbocycles. The molecule has 160 valence electrons. The van der Waals surface area contributed by atoms with Gasteiger partial charge in [0.15, 0.2) is 0 Å². The molecule has 2 N–H and O–H groups in total. The summed E-state index contributed by atoms with van der Waals surface area (Å²) < 4.78 is 10.3. The number of esters is 2. The molecule has 2 aliphatic heterocycles. The monoisotopic (exact) mass is 415 g/mol. The van der Waals surface area contributed by atoms with Crippen LogP contribution in [0.2, 0.25) is 0 Å². The van der Waals surface area contributed by atoms with Crippen LogP contribution in [-0.4, -0.2) is 50.2 Å². The molecule has 0 aliphatic carbocycles. The van der Waals surface area contributed by atoms with Gasteiger partial charge >= 0.3 is 18.0 Å². The van der Waals surface area contributed by atoms with E-state index in [2.05, 4.69) is 10.6 Å². The normalized spacial score (nSPS) is 18.8. The van der Waals surface area contributed by atoms with Gasteiger partial charge in [0, 0.05) is 18.7 Å². The highest BCUT2D eigenvalue weighted by atomic mass is 16.5. The molecule has 0 aromatic heterocycles. The van der Waals surface area contributed by atoms with Crippen LogP contribution >= 0.6 is 0 Å². The summed E-state index contributed by atoms with van der Waals surface area (Å²) >= 11 is 0. The Morgan fingerprint density at radius 1 is 1.20 bits per heavy atom. The molecule has 0 saturated carbocycles. The standard InChI is InChI=1S/C21H25N3O6/c1-4-29-20(27)15-9-22-21(28)23-16(15)11-30-19(26)14-8-18(25)24(10-14)17-7-5-6-12(2)13(17)3/h5-7,14H,4,8-11H2,1-3H3,(H2,22,23,28)/t14-/m1/s1. The van der Waals surface area contributed by atoms with E-state index in [1.165, 1.54) is 0 Å². The Kier molecular flexibility index (Phi) is 6.39. The zero-order valence-corrected chi connectivity index (χ0v) is 17.2. The van der Waals surface area contributed by atoms with Crippen molar-refractivity contribution in [2.45, 2.75) is 27.2 Å². The third-order valence-corrected chi connectivity index (χ3v) is 5.26. The number of urea groups is 1. The third-order valence-electron chi connectivity index (χ3n) is 5.26. The topological polar surface area (TPSA) is 114 Å². The first kappa shape index (κ1) is 21.4. The average molecular weight is 415 g/mol. The highest BCUT2D eigenvalue weighted by Gasteiger charge is 2.37. The van der Waals surface area contributed by atoms with Crippen LogP contribution in [-0.2, 0) is 23.9 Å². The number of anilines is 1. The summed E-state index contributed by atoms with van der Waals surface area (Å²) in [4.78, 5) is 50.3. The number of amides is 3. The molecule has 9 heteroatoms. The van der Waals surface area contributed by atoms with E-state index in [9.17, 15) is 19.2 Å². The van der Waals surface area contributed by atoms with E-state index < -0.39 is 23.9 Å². The van der Waals surface area contributed by atoms with Crippen LogP contribution in [0.15, 0.2) is 29.5 Å². The van der Waals surface area contributed by atoms with E-state index in [0.717, 1.165) is 16.8 Å². The van der Waals surface area contributed by atoms with Crippen LogP contribution in [0, 0.1) is 19.8 Å². The van der Waals surface area contributed by atoms with E-state index in [1.807, 2.05) is 32.0 Å². The van der Waals surface area contributed by atoms with Gasteiger partial charge in [0.25, 0.3) is 0 Å². The second kappa shape index (κ2) is 8.98. The average Bonchev–Trinajstić information content (AvgIpc) is 3.10. The van der Waals surface area contributed by atoms with E-state index in [-0.39, 0.29) is 49.9 Å². The van der Waals surface area contributed by atoms with E-state index >= 15 is 0 Å². The maximum Gasteiger partial charge on any atom is 0.337 e. The van der Waals surface area contributed by atoms with Gasteiger partial charge in [-0.1, -0.05) is 12.1 Å². The van der Waals surface area contributed by atoms with Crippen LogP contribution in [0.25, 0.3) is 0 Å². The molecular weight excluding hydrogens is 390 g/mol. The first-order chi connectivity index (χ1) is 14.3. The number of hydrogen-bond donors (Lipinski definition) is 2. The minimum Gasteiger partial charge on any atom is -0.463 e. The molecule has 30 heavy (non-hydrogen) atoms. The Labute approximate surface area is 174 Å². The fourth-order valence-electron chi connectivity index (χ4n) is 3.46. The molecule has 3 amide bonds. The predicted molar refractivity (Wildman–Crippen MR) is 108 cm³/mol. The molecule has 1 fully saturated rings. The van der Waals surface area contributed by atoms with Gasteiger partial charge in [-0.25, -0.2) is 9.59 Å². The Hall–Kier alpha value is -3.36. The van der Waals surface area contributed by atoms with Gasteiger partial charge in [0.1, 0.15) is 6.61 Å². The van der Waals surface area contributed by atoms with E-state index in [0.29, 0.717) is 0 Å². The molecular formula is C21H25N3O6. The molecule has 3 rings (SSSR count). The lowest BCUT2D eigenvalue weighted by Gasteiger charge is -2.22. The second-order valence-corrected chi connectivity index (χ2v) is 7.22. The van der Waals surface area contributed by atoms with Gasteiger partial charge in [-0.05, 0) is 38.0 Å². The number of carbonyl (C=O) groups excluding carboxylic acids is 4. The Morgan fingerprint density at radius 3 is 2.70 bits per heavy atom. The SMILES string of the molecule is CCOC(=O)C1=C(COC(=O)[C@@H]2CC(=O)N(c3cccc(C)c3C)C2)NC(=O)NC1. The molecule has 0 unspecified atom stereocenters. The van der Waals surface area contributed by atoms with Crippen LogP contribution in [0.5, 0.6) is 0 Å².